The molecule has 1 unspecified atom stereocenters. The van der Waals surface area contributed by atoms with Crippen molar-refractivity contribution >= 4 is 5.78 Å². The van der Waals surface area contributed by atoms with Crippen LogP contribution < -0.4 is 0 Å². The molecule has 0 heterocycles. The maximum absolute atomic E-state index is 12.5. The minimum atomic E-state index is 0.000463. The highest BCUT2D eigenvalue weighted by molar-refractivity contribution is 5.99. The largest absolute Gasteiger partial charge is 0.292 e. The second kappa shape index (κ2) is 6.14. The maximum Gasteiger partial charge on any atom is 0.179 e. The summed E-state index contributed by atoms with van der Waals surface area (Å²) < 4.78 is 0. The Morgan fingerprint density at radius 3 is 2.44 bits per heavy atom. The summed E-state index contributed by atoms with van der Waals surface area (Å²) in [6.45, 7) is 5.18. The zero-order valence-corrected chi connectivity index (χ0v) is 11.4. The summed E-state index contributed by atoms with van der Waals surface area (Å²) >= 11 is 0. The summed E-state index contributed by atoms with van der Waals surface area (Å²) in [5, 5.41) is 0. The van der Waals surface area contributed by atoms with Crippen LogP contribution in [0.1, 0.15) is 49.9 Å². The summed E-state index contributed by atoms with van der Waals surface area (Å²) in [5.74, 6) is 0.254. The SMILES string of the molecule is CCN(C1CCCC1)C(C)C(=O)c1ccccc1. The van der Waals surface area contributed by atoms with E-state index in [9.17, 15) is 4.79 Å². The number of ketones is 1. The lowest BCUT2D eigenvalue weighted by molar-refractivity contribution is 0.0775. The zero-order chi connectivity index (χ0) is 13.0. The van der Waals surface area contributed by atoms with Gasteiger partial charge >= 0.3 is 0 Å². The molecule has 2 nitrogen and oxygen atoms in total. The van der Waals surface area contributed by atoms with Gasteiger partial charge < -0.3 is 0 Å². The van der Waals surface area contributed by atoms with Crippen LogP contribution in [0.4, 0.5) is 0 Å². The van der Waals surface area contributed by atoms with Gasteiger partial charge in [-0.2, -0.15) is 0 Å². The predicted octanol–water partition coefficient (Wildman–Crippen LogP) is 3.52. The van der Waals surface area contributed by atoms with E-state index in [1.54, 1.807) is 0 Å². The lowest BCUT2D eigenvalue weighted by Gasteiger charge is -2.32. The Kier molecular flexibility index (Phi) is 4.54. The van der Waals surface area contributed by atoms with Gasteiger partial charge in [-0.25, -0.2) is 0 Å². The molecule has 0 saturated heterocycles. The van der Waals surface area contributed by atoms with Crippen LogP contribution >= 0.6 is 0 Å². The molecule has 0 aromatic heterocycles. The zero-order valence-electron chi connectivity index (χ0n) is 11.4. The molecule has 1 aliphatic rings. The molecule has 2 rings (SSSR count). The molecule has 18 heavy (non-hydrogen) atoms. The monoisotopic (exact) mass is 245 g/mol. The third kappa shape index (κ3) is 2.81. The lowest BCUT2D eigenvalue weighted by Crippen LogP contribution is -2.44. The van der Waals surface area contributed by atoms with Crippen LogP contribution in [0.15, 0.2) is 30.3 Å². The molecule has 1 fully saturated rings. The van der Waals surface area contributed by atoms with E-state index in [0.29, 0.717) is 6.04 Å². The average Bonchev–Trinajstić information content (AvgIpc) is 2.93. The third-order valence-corrected chi connectivity index (χ3v) is 4.09. The molecule has 1 aromatic rings. The first-order chi connectivity index (χ1) is 8.74. The summed E-state index contributed by atoms with van der Waals surface area (Å²) in [5.41, 5.74) is 0.835. The minimum absolute atomic E-state index is 0.000463. The number of carbonyl (C=O) groups is 1. The van der Waals surface area contributed by atoms with Gasteiger partial charge in [-0.3, -0.25) is 9.69 Å². The Balaban J connectivity index is 2.09. The number of hydrogen-bond acceptors (Lipinski definition) is 2. The van der Waals surface area contributed by atoms with E-state index in [1.165, 1.54) is 25.7 Å². The first-order valence-electron chi connectivity index (χ1n) is 7.09. The van der Waals surface area contributed by atoms with Crippen molar-refractivity contribution in [2.45, 2.75) is 51.6 Å². The molecule has 0 amide bonds. The van der Waals surface area contributed by atoms with Crippen molar-refractivity contribution in [2.24, 2.45) is 0 Å². The Morgan fingerprint density at radius 1 is 1.28 bits per heavy atom. The number of likely N-dealkylation sites (N-methyl/N-ethyl adjacent to an activating group) is 1. The molecule has 0 radical (unpaired) electrons. The molecule has 98 valence electrons. The lowest BCUT2D eigenvalue weighted by atomic mass is 10.0. The molecule has 0 aliphatic heterocycles. The first kappa shape index (κ1) is 13.3. The predicted molar refractivity (Wildman–Crippen MR) is 74.9 cm³/mol. The molecule has 0 bridgehead atoms. The average molecular weight is 245 g/mol. The fraction of sp³-hybridized carbons (Fsp3) is 0.562. The van der Waals surface area contributed by atoms with Gasteiger partial charge in [0.2, 0.25) is 0 Å². The van der Waals surface area contributed by atoms with Gasteiger partial charge in [0.05, 0.1) is 6.04 Å². The topological polar surface area (TPSA) is 20.3 Å². The van der Waals surface area contributed by atoms with E-state index >= 15 is 0 Å². The van der Waals surface area contributed by atoms with Gasteiger partial charge in [0.15, 0.2) is 5.78 Å². The van der Waals surface area contributed by atoms with Crippen molar-refractivity contribution in [3.8, 4) is 0 Å². The highest BCUT2D eigenvalue weighted by Crippen LogP contribution is 2.25. The molecule has 1 atom stereocenters. The molecule has 1 aliphatic carbocycles. The van der Waals surface area contributed by atoms with Crippen LogP contribution in [0.25, 0.3) is 0 Å². The number of carbonyl (C=O) groups excluding carboxylic acids is 1. The Labute approximate surface area is 110 Å². The normalized spacial score (nSPS) is 18.2. The van der Waals surface area contributed by atoms with Gasteiger partial charge in [-0.1, -0.05) is 50.1 Å². The van der Waals surface area contributed by atoms with Gasteiger partial charge in [0.1, 0.15) is 0 Å². The van der Waals surface area contributed by atoms with E-state index in [-0.39, 0.29) is 11.8 Å². The Morgan fingerprint density at radius 2 is 1.89 bits per heavy atom. The summed E-state index contributed by atoms with van der Waals surface area (Å²) in [4.78, 5) is 14.8. The van der Waals surface area contributed by atoms with Crippen LogP contribution in [0.3, 0.4) is 0 Å². The van der Waals surface area contributed by atoms with Crippen molar-refractivity contribution < 1.29 is 4.79 Å². The molecular weight excluding hydrogens is 222 g/mol. The number of Topliss-reactive ketones (excluding diaryl/α,β-unsaturated/α-hetero) is 1. The summed E-state index contributed by atoms with van der Waals surface area (Å²) in [6, 6.07) is 10.3. The van der Waals surface area contributed by atoms with Crippen molar-refractivity contribution in [3.63, 3.8) is 0 Å². The number of nitrogens with zero attached hydrogens (tertiary/aromatic N) is 1. The van der Waals surface area contributed by atoms with Crippen molar-refractivity contribution in [2.75, 3.05) is 6.54 Å². The van der Waals surface area contributed by atoms with Gasteiger partial charge in [-0.05, 0) is 26.3 Å². The molecule has 0 spiro atoms. The van der Waals surface area contributed by atoms with Crippen LogP contribution in [0.2, 0.25) is 0 Å². The van der Waals surface area contributed by atoms with Crippen molar-refractivity contribution in [3.05, 3.63) is 35.9 Å². The van der Waals surface area contributed by atoms with Gasteiger partial charge in [0, 0.05) is 11.6 Å². The van der Waals surface area contributed by atoms with E-state index in [2.05, 4.69) is 18.7 Å². The van der Waals surface area contributed by atoms with Crippen LogP contribution in [0, 0.1) is 0 Å². The summed E-state index contributed by atoms with van der Waals surface area (Å²) in [6.07, 6.45) is 5.13. The van der Waals surface area contributed by atoms with E-state index in [0.717, 1.165) is 12.1 Å². The fourth-order valence-electron chi connectivity index (χ4n) is 3.08. The minimum Gasteiger partial charge on any atom is -0.292 e. The summed E-state index contributed by atoms with van der Waals surface area (Å²) in [7, 11) is 0. The molecular formula is C16H23NO. The van der Waals surface area contributed by atoms with Crippen molar-refractivity contribution in [1.29, 1.82) is 0 Å². The smallest absolute Gasteiger partial charge is 0.179 e. The standard InChI is InChI=1S/C16H23NO/c1-3-17(15-11-7-8-12-15)13(2)16(18)14-9-5-4-6-10-14/h4-6,9-10,13,15H,3,7-8,11-12H2,1-2H3. The fourth-order valence-corrected chi connectivity index (χ4v) is 3.08. The molecule has 0 N–H and O–H groups in total. The second-order valence-electron chi connectivity index (χ2n) is 5.17. The van der Waals surface area contributed by atoms with Crippen LogP contribution in [0.5, 0.6) is 0 Å². The van der Waals surface area contributed by atoms with Crippen molar-refractivity contribution in [1.82, 2.24) is 4.90 Å². The third-order valence-electron chi connectivity index (χ3n) is 4.09. The number of rotatable bonds is 5. The quantitative estimate of drug-likeness (QED) is 0.740. The van der Waals surface area contributed by atoms with Crippen LogP contribution in [-0.4, -0.2) is 29.3 Å². The maximum atomic E-state index is 12.5. The molecule has 2 heteroatoms. The van der Waals surface area contributed by atoms with E-state index in [1.807, 2.05) is 30.3 Å². The molecule has 1 aromatic carbocycles. The van der Waals surface area contributed by atoms with Gasteiger partial charge in [0.25, 0.3) is 0 Å². The van der Waals surface area contributed by atoms with Gasteiger partial charge in [-0.15, -0.1) is 0 Å². The number of benzene rings is 1. The van der Waals surface area contributed by atoms with Crippen LogP contribution in [-0.2, 0) is 0 Å². The Hall–Kier alpha value is -1.15. The first-order valence-corrected chi connectivity index (χ1v) is 7.09. The van der Waals surface area contributed by atoms with E-state index < -0.39 is 0 Å². The molecule has 1 saturated carbocycles. The highest BCUT2D eigenvalue weighted by atomic mass is 16.1. The number of hydrogen-bond donors (Lipinski definition) is 0. The Bertz CT molecular complexity index is 381. The van der Waals surface area contributed by atoms with E-state index in [4.69, 9.17) is 0 Å². The highest BCUT2D eigenvalue weighted by Gasteiger charge is 2.29. The second-order valence-corrected chi connectivity index (χ2v) is 5.17.